The Bertz CT molecular complexity index is 2390. The number of H-pyrrole nitrogens is 1. The molecule has 0 unspecified atom stereocenters. The summed E-state index contributed by atoms with van der Waals surface area (Å²) < 4.78 is 45.9. The number of hydrogen-bond donors (Lipinski definition) is 3. The molecule has 4 aromatic rings. The van der Waals surface area contributed by atoms with Gasteiger partial charge in [0.1, 0.15) is 28.8 Å². The van der Waals surface area contributed by atoms with Crippen LogP contribution in [0.15, 0.2) is 41.2 Å². The molecule has 3 saturated heterocycles. The topological polar surface area (TPSA) is 181 Å². The van der Waals surface area contributed by atoms with Crippen molar-refractivity contribution in [3.8, 4) is 0 Å². The van der Waals surface area contributed by atoms with Crippen molar-refractivity contribution in [2.75, 3.05) is 49.1 Å². The van der Waals surface area contributed by atoms with E-state index in [9.17, 15) is 28.8 Å². The summed E-state index contributed by atoms with van der Waals surface area (Å²) in [7, 11) is 0. The number of benzene rings is 2. The normalized spacial score (nSPS) is 19.5. The summed E-state index contributed by atoms with van der Waals surface area (Å²) in [6.07, 6.45) is 0.755. The summed E-state index contributed by atoms with van der Waals surface area (Å²) >= 11 is 0. The fraction of sp³-hybridized carbons (Fsp3) is 0.368. The van der Waals surface area contributed by atoms with E-state index >= 15 is 13.2 Å². The second-order valence-corrected chi connectivity index (χ2v) is 14.4. The standard InChI is InChI=1S/C38H36F3N9O6/c1-19-34(52)46-32-25(42-19)3-2-20(31(32)40)18-47-12-14-49(15-13-47)27-5-4-26(44-33(27)41)35(53)43-21-8-10-48(11-9-21)29-17-23-22(16-24(29)39)37(55)50(38(23)56)28-6-7-30(51)45-36(28)54/h2-5,16-17,21,28H,6-15,18H2,1H3,(H,43,53)(H,46,52)(H,45,51,54)/t28-/m1/s1. The van der Waals surface area contributed by atoms with Crippen molar-refractivity contribution in [3.05, 3.63) is 92.4 Å². The quantitative estimate of drug-likeness (QED) is 0.185. The summed E-state index contributed by atoms with van der Waals surface area (Å²) in [6.45, 7) is 4.33. The number of aromatic amines is 1. The minimum Gasteiger partial charge on any atom is -0.369 e. The van der Waals surface area contributed by atoms with Gasteiger partial charge in [-0.1, -0.05) is 6.07 Å². The largest absolute Gasteiger partial charge is 0.369 e. The maximum absolute atomic E-state index is 15.4. The van der Waals surface area contributed by atoms with Gasteiger partial charge in [-0.15, -0.1) is 0 Å². The molecule has 8 rings (SSSR count). The number of piperidine rings is 2. The number of pyridine rings is 1. The SMILES string of the molecule is Cc1nc2ccc(CN3CCN(c4ccc(C(=O)NC5CCN(c6cc7c(cc6F)C(=O)N([C@@H]6CCC(=O)NC6=O)C7=O)CC5)nc4F)CC3)c(F)c2[nH]c1=O. The zero-order valence-corrected chi connectivity index (χ0v) is 30.2. The van der Waals surface area contributed by atoms with Crippen LogP contribution in [0.1, 0.15) is 68.1 Å². The molecule has 56 heavy (non-hydrogen) atoms. The lowest BCUT2D eigenvalue weighted by molar-refractivity contribution is -0.136. The first kappa shape index (κ1) is 36.8. The average Bonchev–Trinajstić information content (AvgIpc) is 3.41. The zero-order chi connectivity index (χ0) is 39.4. The molecule has 2 aromatic carbocycles. The highest BCUT2D eigenvalue weighted by atomic mass is 19.1. The third-order valence-electron chi connectivity index (χ3n) is 10.9. The number of carbonyl (C=O) groups excluding carboxylic acids is 5. The Morgan fingerprint density at radius 2 is 1.54 bits per heavy atom. The zero-order valence-electron chi connectivity index (χ0n) is 30.2. The van der Waals surface area contributed by atoms with E-state index in [1.165, 1.54) is 18.2 Å². The summed E-state index contributed by atoms with van der Waals surface area (Å²) in [4.78, 5) is 92.3. The summed E-state index contributed by atoms with van der Waals surface area (Å²) in [6, 6.07) is 7.08. The number of imide groups is 2. The average molecular weight is 772 g/mol. The third kappa shape index (κ3) is 6.73. The van der Waals surface area contributed by atoms with Crippen LogP contribution in [0.2, 0.25) is 0 Å². The molecule has 3 N–H and O–H groups in total. The van der Waals surface area contributed by atoms with Gasteiger partial charge in [0.25, 0.3) is 23.3 Å². The van der Waals surface area contributed by atoms with Crippen molar-refractivity contribution in [1.82, 2.24) is 35.4 Å². The van der Waals surface area contributed by atoms with Crippen molar-refractivity contribution in [2.45, 2.75) is 51.2 Å². The lowest BCUT2D eigenvalue weighted by atomic mass is 10.0. The minimum atomic E-state index is -1.17. The number of hydrogen-bond acceptors (Lipinski definition) is 11. The van der Waals surface area contributed by atoms with Gasteiger partial charge in [-0.2, -0.15) is 4.39 Å². The fourth-order valence-electron chi connectivity index (χ4n) is 7.80. The first-order chi connectivity index (χ1) is 26.9. The predicted molar refractivity (Wildman–Crippen MR) is 195 cm³/mol. The Kier molecular flexibility index (Phi) is 9.51. The Morgan fingerprint density at radius 3 is 2.23 bits per heavy atom. The van der Waals surface area contributed by atoms with Gasteiger partial charge >= 0.3 is 0 Å². The van der Waals surface area contributed by atoms with Gasteiger partial charge in [-0.3, -0.25) is 43.9 Å². The molecule has 0 radical (unpaired) electrons. The molecule has 4 aliphatic rings. The third-order valence-corrected chi connectivity index (χ3v) is 10.9. The van der Waals surface area contributed by atoms with Gasteiger partial charge in [-0.25, -0.2) is 18.7 Å². The fourth-order valence-corrected chi connectivity index (χ4v) is 7.80. The number of aryl methyl sites for hydroxylation is 1. The van der Waals surface area contributed by atoms with Crippen LogP contribution in [-0.4, -0.2) is 106 Å². The molecule has 2 aromatic heterocycles. The van der Waals surface area contributed by atoms with Crippen molar-refractivity contribution >= 4 is 51.9 Å². The van der Waals surface area contributed by atoms with Crippen LogP contribution in [0.5, 0.6) is 0 Å². The molecule has 0 spiro atoms. The predicted octanol–water partition coefficient (Wildman–Crippen LogP) is 2.17. The highest BCUT2D eigenvalue weighted by molar-refractivity contribution is 6.23. The molecule has 6 heterocycles. The number of nitrogens with one attached hydrogen (secondary N) is 3. The summed E-state index contributed by atoms with van der Waals surface area (Å²) in [5, 5.41) is 5.00. The molecular weight excluding hydrogens is 735 g/mol. The van der Waals surface area contributed by atoms with E-state index in [0.29, 0.717) is 69.7 Å². The molecule has 18 heteroatoms. The molecule has 15 nitrogen and oxygen atoms in total. The van der Waals surface area contributed by atoms with Gasteiger partial charge in [0.15, 0.2) is 5.82 Å². The molecule has 5 amide bonds. The van der Waals surface area contributed by atoms with Gasteiger partial charge in [0, 0.05) is 63.8 Å². The molecule has 4 aliphatic heterocycles. The van der Waals surface area contributed by atoms with Crippen LogP contribution in [-0.2, 0) is 16.1 Å². The number of aromatic nitrogens is 3. The number of halogens is 3. The first-order valence-electron chi connectivity index (χ1n) is 18.3. The van der Waals surface area contributed by atoms with E-state index in [-0.39, 0.29) is 58.3 Å². The van der Waals surface area contributed by atoms with Gasteiger partial charge < -0.3 is 20.1 Å². The number of piperazine rings is 1. The van der Waals surface area contributed by atoms with E-state index in [1.54, 1.807) is 24.0 Å². The van der Waals surface area contributed by atoms with Crippen LogP contribution in [0.25, 0.3) is 11.0 Å². The maximum Gasteiger partial charge on any atom is 0.270 e. The summed E-state index contributed by atoms with van der Waals surface area (Å²) in [5.74, 6) is -5.41. The Labute approximate surface area is 316 Å². The number of nitrogens with zero attached hydrogens (tertiary/aromatic N) is 6. The minimum absolute atomic E-state index is 0.0165. The summed E-state index contributed by atoms with van der Waals surface area (Å²) in [5.41, 5.74) is 0.695. The Morgan fingerprint density at radius 1 is 0.839 bits per heavy atom. The highest BCUT2D eigenvalue weighted by Crippen LogP contribution is 2.34. The van der Waals surface area contributed by atoms with E-state index in [2.05, 4.69) is 25.6 Å². The second-order valence-electron chi connectivity index (χ2n) is 14.4. The lowest BCUT2D eigenvalue weighted by Gasteiger charge is -2.36. The maximum atomic E-state index is 15.4. The molecule has 290 valence electrons. The second kappa shape index (κ2) is 14.5. The molecular formula is C38H36F3N9O6. The highest BCUT2D eigenvalue weighted by Gasteiger charge is 2.45. The lowest BCUT2D eigenvalue weighted by Crippen LogP contribution is -2.54. The number of carbonyl (C=O) groups is 5. The monoisotopic (exact) mass is 771 g/mol. The van der Waals surface area contributed by atoms with Crippen LogP contribution >= 0.6 is 0 Å². The van der Waals surface area contributed by atoms with Crippen LogP contribution < -0.4 is 26.0 Å². The first-order valence-corrected chi connectivity index (χ1v) is 18.3. The molecule has 0 saturated carbocycles. The Balaban J connectivity index is 0.845. The number of anilines is 2. The van der Waals surface area contributed by atoms with E-state index in [1.807, 2.05) is 9.80 Å². The van der Waals surface area contributed by atoms with Crippen LogP contribution in [0, 0.1) is 24.5 Å². The Hall–Kier alpha value is -6.17. The smallest absolute Gasteiger partial charge is 0.270 e. The van der Waals surface area contributed by atoms with Crippen molar-refractivity contribution in [1.29, 1.82) is 0 Å². The van der Waals surface area contributed by atoms with E-state index < -0.39 is 58.7 Å². The molecule has 0 bridgehead atoms. The molecule has 3 fully saturated rings. The number of rotatable bonds is 7. The van der Waals surface area contributed by atoms with E-state index in [0.717, 1.165) is 11.0 Å². The van der Waals surface area contributed by atoms with Crippen LogP contribution in [0.4, 0.5) is 24.5 Å². The molecule has 0 aliphatic carbocycles. The van der Waals surface area contributed by atoms with Gasteiger partial charge in [0.05, 0.1) is 28.0 Å². The van der Waals surface area contributed by atoms with Crippen molar-refractivity contribution < 1.29 is 37.1 Å². The van der Waals surface area contributed by atoms with Crippen LogP contribution in [0.3, 0.4) is 0 Å². The number of fused-ring (bicyclic) bond motifs is 2. The van der Waals surface area contributed by atoms with Crippen molar-refractivity contribution in [2.24, 2.45) is 0 Å². The van der Waals surface area contributed by atoms with Gasteiger partial charge in [0.2, 0.25) is 17.8 Å². The van der Waals surface area contributed by atoms with E-state index in [4.69, 9.17) is 0 Å². The molecule has 1 atom stereocenters. The van der Waals surface area contributed by atoms with Crippen molar-refractivity contribution in [3.63, 3.8) is 0 Å². The van der Waals surface area contributed by atoms with Gasteiger partial charge in [-0.05, 0) is 56.5 Å². The number of amides is 5.